The van der Waals surface area contributed by atoms with E-state index in [0.29, 0.717) is 19.0 Å². The van der Waals surface area contributed by atoms with Crippen molar-refractivity contribution in [1.82, 2.24) is 9.62 Å². The molecule has 1 amide bonds. The van der Waals surface area contributed by atoms with Crippen LogP contribution in [0.25, 0.3) is 0 Å². The minimum absolute atomic E-state index is 0.0198. The van der Waals surface area contributed by atoms with Crippen molar-refractivity contribution in [3.05, 3.63) is 65.7 Å². The van der Waals surface area contributed by atoms with E-state index in [1.54, 1.807) is 0 Å². The molecule has 2 N–H and O–H groups in total. The minimum Gasteiger partial charge on any atom is -0.489 e. The Balaban J connectivity index is 1.40. The lowest BCUT2D eigenvalue weighted by Crippen LogP contribution is -2.50. The molecule has 4 rings (SSSR count). The molecular weight excluding hydrogens is 524 g/mol. The third-order valence-electron chi connectivity index (χ3n) is 6.84. The monoisotopic (exact) mass is 562 g/mol. The molecule has 2 aromatic rings. The first-order valence-electron chi connectivity index (χ1n) is 13.3. The smallest absolute Gasteiger partial charge is 0.407 e. The van der Waals surface area contributed by atoms with E-state index in [-0.39, 0.29) is 44.2 Å². The van der Waals surface area contributed by atoms with Gasteiger partial charge in [0, 0.05) is 13.1 Å². The van der Waals surface area contributed by atoms with Crippen molar-refractivity contribution in [3.63, 3.8) is 0 Å². The fraction of sp³-hybridized carbons (Fsp3) is 0.536. The Hall–Kier alpha value is -2.70. The molecule has 2 fully saturated rings. The Bertz CT molecular complexity index is 1120. The van der Waals surface area contributed by atoms with Crippen LogP contribution >= 0.6 is 0 Å². The molecule has 0 spiro atoms. The molecule has 39 heavy (non-hydrogen) atoms. The molecule has 2 aliphatic heterocycles. The molecule has 0 unspecified atom stereocenters. The number of fused-ring (bicyclic) bond motifs is 1. The summed E-state index contributed by atoms with van der Waals surface area (Å²) in [6.45, 7) is 5.16. The number of ether oxygens (including phenoxy) is 4. The molecule has 11 heteroatoms. The summed E-state index contributed by atoms with van der Waals surface area (Å²) in [5.41, 5.74) is 1.89. The first-order chi connectivity index (χ1) is 18.8. The summed E-state index contributed by atoms with van der Waals surface area (Å²) in [5.74, 6) is 0.746. The van der Waals surface area contributed by atoms with Crippen LogP contribution in [0.2, 0.25) is 0 Å². The first-order valence-corrected chi connectivity index (χ1v) is 14.4. The standard InChI is InChI=1S/C28H38N2O8S/c1-19(2)15-30(39(33)34)16-25(31)24(29-28(32)38-26-18-37-27-23(26)12-13-35-27)14-20-8-10-22(11-9-20)36-17-21-6-4-3-5-7-21/h3-11,19,23-27,31,39H,12-18H2,1-2H3,(H,29,32)/t23-,24-,25+,26-,27+/m0/s1. The van der Waals surface area contributed by atoms with Gasteiger partial charge in [-0.1, -0.05) is 56.3 Å². The fourth-order valence-corrected chi connectivity index (χ4v) is 5.60. The maximum absolute atomic E-state index is 12.9. The number of alkyl carbamates (subject to hydrolysis) is 1. The van der Waals surface area contributed by atoms with Crippen LogP contribution in [0.1, 0.15) is 31.4 Å². The number of thiol groups is 1. The van der Waals surface area contributed by atoms with Crippen molar-refractivity contribution in [3.8, 4) is 5.75 Å². The van der Waals surface area contributed by atoms with E-state index in [2.05, 4.69) is 5.32 Å². The molecule has 5 atom stereocenters. The van der Waals surface area contributed by atoms with Crippen LogP contribution in [0.5, 0.6) is 5.75 Å². The summed E-state index contributed by atoms with van der Waals surface area (Å²) in [4.78, 5) is 12.9. The van der Waals surface area contributed by atoms with Gasteiger partial charge in [0.05, 0.1) is 31.3 Å². The Morgan fingerprint density at radius 1 is 1.08 bits per heavy atom. The number of carbonyl (C=O) groups excluding carboxylic acids is 1. The molecular formula is C28H38N2O8S. The topological polar surface area (TPSA) is 124 Å². The lowest BCUT2D eigenvalue weighted by molar-refractivity contribution is -0.0907. The Labute approximate surface area is 231 Å². The highest BCUT2D eigenvalue weighted by Crippen LogP contribution is 2.33. The van der Waals surface area contributed by atoms with Gasteiger partial charge in [0.2, 0.25) is 10.9 Å². The van der Waals surface area contributed by atoms with Gasteiger partial charge in [-0.15, -0.1) is 0 Å². The van der Waals surface area contributed by atoms with Crippen LogP contribution in [-0.2, 0) is 38.1 Å². The van der Waals surface area contributed by atoms with Gasteiger partial charge in [0.25, 0.3) is 0 Å². The van der Waals surface area contributed by atoms with Crippen LogP contribution in [0.4, 0.5) is 4.79 Å². The molecule has 2 aromatic carbocycles. The SMILES string of the molecule is CC(C)CN(C[C@@H](O)[C@H](Cc1ccc(OCc2ccccc2)cc1)NC(=O)O[C@H]1CO[C@H]2OCC[C@H]21)[SH](=O)=O. The third kappa shape index (κ3) is 8.64. The van der Waals surface area contributed by atoms with E-state index in [0.717, 1.165) is 17.5 Å². The van der Waals surface area contributed by atoms with Crippen LogP contribution in [0.15, 0.2) is 54.6 Å². The largest absolute Gasteiger partial charge is 0.489 e. The Kier molecular flexibility index (Phi) is 10.6. The van der Waals surface area contributed by atoms with Gasteiger partial charge < -0.3 is 29.4 Å². The summed E-state index contributed by atoms with van der Waals surface area (Å²) in [6.07, 6.45) is -1.65. The first kappa shape index (κ1) is 29.3. The van der Waals surface area contributed by atoms with E-state index in [1.165, 1.54) is 4.31 Å². The highest BCUT2D eigenvalue weighted by atomic mass is 32.2. The number of aliphatic hydroxyl groups excluding tert-OH is 1. The maximum Gasteiger partial charge on any atom is 0.407 e. The number of rotatable bonds is 13. The van der Waals surface area contributed by atoms with E-state index >= 15 is 0 Å². The van der Waals surface area contributed by atoms with E-state index in [4.69, 9.17) is 18.9 Å². The molecule has 0 bridgehead atoms. The van der Waals surface area contributed by atoms with Crippen LogP contribution in [-0.4, -0.2) is 74.8 Å². The summed E-state index contributed by atoms with van der Waals surface area (Å²) in [5, 5.41) is 13.8. The normalized spacial score (nSPS) is 22.2. The van der Waals surface area contributed by atoms with Crippen molar-refractivity contribution in [2.24, 2.45) is 11.8 Å². The van der Waals surface area contributed by atoms with Crippen molar-refractivity contribution in [2.75, 3.05) is 26.3 Å². The van der Waals surface area contributed by atoms with E-state index in [1.807, 2.05) is 68.4 Å². The predicted octanol–water partition coefficient (Wildman–Crippen LogP) is 2.51. The average Bonchev–Trinajstić information content (AvgIpc) is 3.53. The van der Waals surface area contributed by atoms with Gasteiger partial charge in [-0.2, -0.15) is 0 Å². The van der Waals surface area contributed by atoms with Crippen molar-refractivity contribution < 1.29 is 37.3 Å². The zero-order valence-corrected chi connectivity index (χ0v) is 23.2. The molecule has 0 radical (unpaired) electrons. The van der Waals surface area contributed by atoms with Crippen LogP contribution in [0, 0.1) is 11.8 Å². The summed E-state index contributed by atoms with van der Waals surface area (Å²) >= 11 is 0. The number of nitrogens with one attached hydrogen (secondary N) is 1. The second kappa shape index (κ2) is 14.1. The van der Waals surface area contributed by atoms with Gasteiger partial charge in [0.1, 0.15) is 18.5 Å². The number of benzene rings is 2. The number of aliphatic hydroxyl groups is 1. The molecule has 2 saturated heterocycles. The molecule has 0 saturated carbocycles. The van der Waals surface area contributed by atoms with Gasteiger partial charge in [-0.3, -0.25) is 0 Å². The summed E-state index contributed by atoms with van der Waals surface area (Å²) in [6, 6.07) is 16.4. The van der Waals surface area contributed by atoms with Crippen molar-refractivity contribution >= 4 is 17.0 Å². The van der Waals surface area contributed by atoms with Gasteiger partial charge in [-0.05, 0) is 42.0 Å². The molecule has 2 aliphatic rings. The third-order valence-corrected chi connectivity index (χ3v) is 7.63. The molecule has 214 valence electrons. The number of hydrogen-bond donors (Lipinski definition) is 3. The van der Waals surface area contributed by atoms with Crippen LogP contribution in [0.3, 0.4) is 0 Å². The molecule has 0 aromatic heterocycles. The second-order valence-electron chi connectivity index (χ2n) is 10.4. The highest BCUT2D eigenvalue weighted by molar-refractivity contribution is 7.69. The molecule has 10 nitrogen and oxygen atoms in total. The number of nitrogens with zero attached hydrogens (tertiary/aromatic N) is 1. The average molecular weight is 563 g/mol. The number of carbonyl (C=O) groups is 1. The number of hydrogen-bond acceptors (Lipinski definition) is 8. The van der Waals surface area contributed by atoms with Gasteiger partial charge in [-0.25, -0.2) is 17.5 Å². The zero-order chi connectivity index (χ0) is 27.8. The Morgan fingerprint density at radius 2 is 1.82 bits per heavy atom. The van der Waals surface area contributed by atoms with Gasteiger partial charge in [0.15, 0.2) is 6.29 Å². The van der Waals surface area contributed by atoms with E-state index < -0.39 is 35.2 Å². The highest BCUT2D eigenvalue weighted by Gasteiger charge is 2.44. The summed E-state index contributed by atoms with van der Waals surface area (Å²) < 4.78 is 47.4. The van der Waals surface area contributed by atoms with Crippen LogP contribution < -0.4 is 10.1 Å². The Morgan fingerprint density at radius 3 is 2.51 bits per heavy atom. The molecule has 2 heterocycles. The second-order valence-corrected chi connectivity index (χ2v) is 11.5. The van der Waals surface area contributed by atoms with E-state index in [9.17, 15) is 18.3 Å². The van der Waals surface area contributed by atoms with Crippen molar-refractivity contribution in [2.45, 2.75) is 57.8 Å². The maximum atomic E-state index is 12.9. The lowest BCUT2D eigenvalue weighted by Gasteiger charge is -2.28. The van der Waals surface area contributed by atoms with Crippen molar-refractivity contribution in [1.29, 1.82) is 0 Å². The van der Waals surface area contributed by atoms with Gasteiger partial charge >= 0.3 is 6.09 Å². The lowest BCUT2D eigenvalue weighted by atomic mass is 10.0. The minimum atomic E-state index is -2.90. The molecule has 0 aliphatic carbocycles. The number of amides is 1. The quantitative estimate of drug-likeness (QED) is 0.318. The fourth-order valence-electron chi connectivity index (χ4n) is 4.84. The predicted molar refractivity (Wildman–Crippen MR) is 145 cm³/mol. The summed E-state index contributed by atoms with van der Waals surface area (Å²) in [7, 11) is -2.90. The zero-order valence-electron chi connectivity index (χ0n) is 22.3.